The molecule has 2 heterocycles. The molecule has 0 aliphatic carbocycles. The van der Waals surface area contributed by atoms with Crippen molar-refractivity contribution in [1.82, 2.24) is 9.88 Å². The molecule has 1 amide bonds. The smallest absolute Gasteiger partial charge is 0.223 e. The van der Waals surface area contributed by atoms with Crippen LogP contribution < -0.4 is 0 Å². The Hall–Kier alpha value is -2.76. The number of halogens is 2. The Bertz CT molecular complexity index is 1080. The lowest BCUT2D eigenvalue weighted by Crippen LogP contribution is -2.30. The van der Waals surface area contributed by atoms with Gasteiger partial charge in [0, 0.05) is 24.6 Å². The third kappa shape index (κ3) is 5.00. The Labute approximate surface area is 187 Å². The highest BCUT2D eigenvalue weighted by Crippen LogP contribution is 2.35. The van der Waals surface area contributed by atoms with Gasteiger partial charge in [-0.2, -0.15) is 0 Å². The first-order valence-electron chi connectivity index (χ1n) is 11.7. The number of nitrogens with zero attached hydrogens (tertiary/aromatic N) is 2. The third-order valence-corrected chi connectivity index (χ3v) is 6.25. The van der Waals surface area contributed by atoms with E-state index in [2.05, 4.69) is 11.9 Å². The maximum absolute atomic E-state index is 14.2. The molecule has 0 spiro atoms. The first-order valence-corrected chi connectivity index (χ1v) is 11.7. The van der Waals surface area contributed by atoms with Gasteiger partial charge in [-0.1, -0.05) is 45.1 Å². The quantitative estimate of drug-likeness (QED) is 0.331. The van der Waals surface area contributed by atoms with Crippen molar-refractivity contribution in [3.63, 3.8) is 0 Å². The van der Waals surface area contributed by atoms with E-state index in [1.165, 1.54) is 37.8 Å². The largest absolute Gasteiger partial charge is 0.438 e. The summed E-state index contributed by atoms with van der Waals surface area (Å²) in [5, 5.41) is 0. The SMILES string of the molecule is CCCCCCCCC(=O)N1CCC[C@@H]1c1nc2cc(-c3ccc(F)cc3F)ccc2o1. The van der Waals surface area contributed by atoms with Crippen LogP contribution in [-0.4, -0.2) is 22.3 Å². The van der Waals surface area contributed by atoms with Crippen LogP contribution in [0.2, 0.25) is 0 Å². The maximum Gasteiger partial charge on any atom is 0.223 e. The van der Waals surface area contributed by atoms with Gasteiger partial charge in [0.05, 0.1) is 0 Å². The van der Waals surface area contributed by atoms with Crippen molar-refractivity contribution in [3.05, 3.63) is 53.9 Å². The number of unbranched alkanes of at least 4 members (excludes halogenated alkanes) is 5. The molecule has 1 aromatic heterocycles. The molecule has 4 nitrogen and oxygen atoms in total. The van der Waals surface area contributed by atoms with Crippen LogP contribution in [0.4, 0.5) is 8.78 Å². The van der Waals surface area contributed by atoms with Crippen LogP contribution in [0, 0.1) is 11.6 Å². The minimum Gasteiger partial charge on any atom is -0.438 e. The van der Waals surface area contributed by atoms with Crippen molar-refractivity contribution >= 4 is 17.0 Å². The molecular weight excluding hydrogens is 410 g/mol. The van der Waals surface area contributed by atoms with Crippen molar-refractivity contribution in [3.8, 4) is 11.1 Å². The Morgan fingerprint density at radius 1 is 1.09 bits per heavy atom. The van der Waals surface area contributed by atoms with E-state index < -0.39 is 11.6 Å². The third-order valence-electron chi connectivity index (χ3n) is 6.25. The van der Waals surface area contributed by atoms with Gasteiger partial charge in [0.15, 0.2) is 5.58 Å². The summed E-state index contributed by atoms with van der Waals surface area (Å²) >= 11 is 0. The zero-order chi connectivity index (χ0) is 22.5. The fourth-order valence-electron chi connectivity index (χ4n) is 4.50. The van der Waals surface area contributed by atoms with Crippen LogP contribution in [0.15, 0.2) is 40.8 Å². The van der Waals surface area contributed by atoms with Gasteiger partial charge in [0.1, 0.15) is 23.2 Å². The van der Waals surface area contributed by atoms with Gasteiger partial charge in [-0.3, -0.25) is 4.79 Å². The van der Waals surface area contributed by atoms with Crippen LogP contribution in [0.1, 0.15) is 76.6 Å². The van der Waals surface area contributed by atoms with Gasteiger partial charge in [-0.25, -0.2) is 13.8 Å². The molecule has 4 rings (SSSR count). The molecule has 0 N–H and O–H groups in total. The van der Waals surface area contributed by atoms with Crippen molar-refractivity contribution in [2.45, 2.75) is 70.8 Å². The van der Waals surface area contributed by atoms with Crippen molar-refractivity contribution in [1.29, 1.82) is 0 Å². The van der Waals surface area contributed by atoms with E-state index in [1.54, 1.807) is 18.2 Å². The predicted molar refractivity (Wildman–Crippen MR) is 121 cm³/mol. The maximum atomic E-state index is 14.2. The second-order valence-electron chi connectivity index (χ2n) is 8.62. The van der Waals surface area contributed by atoms with Crippen molar-refractivity contribution in [2.24, 2.45) is 0 Å². The second kappa shape index (κ2) is 10.2. The summed E-state index contributed by atoms with van der Waals surface area (Å²) in [4.78, 5) is 19.4. The van der Waals surface area contributed by atoms with Gasteiger partial charge in [0.2, 0.25) is 11.8 Å². The Morgan fingerprint density at radius 3 is 2.72 bits per heavy atom. The molecule has 32 heavy (non-hydrogen) atoms. The zero-order valence-electron chi connectivity index (χ0n) is 18.6. The topological polar surface area (TPSA) is 46.3 Å². The summed E-state index contributed by atoms with van der Waals surface area (Å²) in [7, 11) is 0. The molecule has 3 aromatic rings. The Balaban J connectivity index is 1.46. The van der Waals surface area contributed by atoms with Crippen LogP contribution >= 0.6 is 0 Å². The monoisotopic (exact) mass is 440 g/mol. The van der Waals surface area contributed by atoms with Gasteiger partial charge in [-0.15, -0.1) is 0 Å². The minimum atomic E-state index is -0.615. The fraction of sp³-hybridized carbons (Fsp3) is 0.462. The molecule has 1 saturated heterocycles. The summed E-state index contributed by atoms with van der Waals surface area (Å²) in [6.45, 7) is 2.93. The highest BCUT2D eigenvalue weighted by Gasteiger charge is 2.33. The molecule has 170 valence electrons. The number of carbonyl (C=O) groups excluding carboxylic acids is 1. The van der Waals surface area contributed by atoms with Gasteiger partial charge in [0.25, 0.3) is 0 Å². The number of hydrogen-bond acceptors (Lipinski definition) is 3. The number of aromatic nitrogens is 1. The number of benzene rings is 2. The van der Waals surface area contributed by atoms with E-state index in [1.807, 2.05) is 4.90 Å². The van der Waals surface area contributed by atoms with Crippen LogP contribution in [-0.2, 0) is 4.79 Å². The Morgan fingerprint density at radius 2 is 1.91 bits per heavy atom. The summed E-state index contributed by atoms with van der Waals surface area (Å²) in [6, 6.07) is 8.62. The molecule has 1 atom stereocenters. The summed E-state index contributed by atoms with van der Waals surface area (Å²) in [5.41, 5.74) is 2.13. The standard InChI is InChI=1S/C26H30F2N2O2/c1-2-3-4-5-6-7-10-25(31)30-15-8-9-23(30)26-29-22-16-18(11-14-24(22)32-26)20-13-12-19(27)17-21(20)28/h11-14,16-17,23H,2-10,15H2,1H3/t23-/m1/s1. The lowest BCUT2D eigenvalue weighted by molar-refractivity contribution is -0.132. The summed E-state index contributed by atoms with van der Waals surface area (Å²) < 4.78 is 33.4. The predicted octanol–water partition coefficient (Wildman–Crippen LogP) is 7.19. The second-order valence-corrected chi connectivity index (χ2v) is 8.62. The minimum absolute atomic E-state index is 0.152. The Kier molecular flexibility index (Phi) is 7.18. The highest BCUT2D eigenvalue weighted by molar-refractivity contribution is 5.81. The molecule has 0 saturated carbocycles. The van der Waals surface area contributed by atoms with Crippen LogP contribution in [0.3, 0.4) is 0 Å². The molecule has 6 heteroatoms. The van der Waals surface area contributed by atoms with E-state index in [0.717, 1.165) is 38.3 Å². The van der Waals surface area contributed by atoms with Crippen LogP contribution in [0.5, 0.6) is 0 Å². The number of likely N-dealkylation sites (tertiary alicyclic amines) is 1. The van der Waals surface area contributed by atoms with E-state index >= 15 is 0 Å². The van der Waals surface area contributed by atoms with Gasteiger partial charge >= 0.3 is 0 Å². The summed E-state index contributed by atoms with van der Waals surface area (Å²) in [6.07, 6.45) is 9.25. The molecular formula is C26H30F2N2O2. The molecule has 1 aliphatic rings. The van der Waals surface area contributed by atoms with Crippen molar-refractivity contribution in [2.75, 3.05) is 6.54 Å². The first-order chi connectivity index (χ1) is 15.6. The fourth-order valence-corrected chi connectivity index (χ4v) is 4.50. The molecule has 0 bridgehead atoms. The van der Waals surface area contributed by atoms with Crippen molar-refractivity contribution < 1.29 is 18.0 Å². The van der Waals surface area contributed by atoms with E-state index in [-0.39, 0.29) is 11.9 Å². The highest BCUT2D eigenvalue weighted by atomic mass is 19.1. The number of fused-ring (bicyclic) bond motifs is 1. The van der Waals surface area contributed by atoms with E-state index in [4.69, 9.17) is 4.42 Å². The average Bonchev–Trinajstić information content (AvgIpc) is 3.42. The normalized spacial score (nSPS) is 16.2. The summed E-state index contributed by atoms with van der Waals surface area (Å²) in [5.74, 6) is -0.525. The molecule has 2 aromatic carbocycles. The number of amides is 1. The van der Waals surface area contributed by atoms with Gasteiger partial charge < -0.3 is 9.32 Å². The van der Waals surface area contributed by atoms with E-state index in [0.29, 0.717) is 34.5 Å². The number of rotatable bonds is 9. The molecule has 1 fully saturated rings. The first kappa shape index (κ1) is 22.4. The number of oxazole rings is 1. The molecule has 0 unspecified atom stereocenters. The molecule has 1 aliphatic heterocycles. The average molecular weight is 441 g/mol. The zero-order valence-corrected chi connectivity index (χ0v) is 18.6. The number of carbonyl (C=O) groups is 1. The van der Waals surface area contributed by atoms with Crippen LogP contribution in [0.25, 0.3) is 22.2 Å². The lowest BCUT2D eigenvalue weighted by atomic mass is 10.0. The van der Waals surface area contributed by atoms with Gasteiger partial charge in [-0.05, 0) is 49.1 Å². The number of hydrogen-bond donors (Lipinski definition) is 0. The van der Waals surface area contributed by atoms with E-state index in [9.17, 15) is 13.6 Å². The molecule has 0 radical (unpaired) electrons. The lowest BCUT2D eigenvalue weighted by Gasteiger charge is -2.22.